The highest BCUT2D eigenvalue weighted by Gasteiger charge is 2.16. The summed E-state index contributed by atoms with van der Waals surface area (Å²) in [5.41, 5.74) is 3.62. The Morgan fingerprint density at radius 1 is 1.47 bits per heavy atom. The van der Waals surface area contributed by atoms with E-state index in [1.807, 2.05) is 0 Å². The number of hydrogen-bond donors (Lipinski definition) is 3. The molecule has 1 aliphatic rings. The van der Waals surface area contributed by atoms with Crippen molar-refractivity contribution in [3.8, 4) is 0 Å². The van der Waals surface area contributed by atoms with E-state index in [1.54, 1.807) is 0 Å². The summed E-state index contributed by atoms with van der Waals surface area (Å²) < 4.78 is 5.44. The Morgan fingerprint density at radius 3 is 2.94 bits per heavy atom. The number of nitrogens with zero attached hydrogens (tertiary/aromatic N) is 2. The van der Waals surface area contributed by atoms with Gasteiger partial charge in [-0.2, -0.15) is 0 Å². The molecule has 17 heavy (non-hydrogen) atoms. The van der Waals surface area contributed by atoms with Gasteiger partial charge >= 0.3 is 0 Å². The zero-order valence-corrected chi connectivity index (χ0v) is 10.1. The molecule has 0 amide bonds. The number of anilines is 2. The van der Waals surface area contributed by atoms with Crippen LogP contribution >= 0.6 is 0 Å². The Bertz CT molecular complexity index is 365. The molecule has 0 aliphatic carbocycles. The van der Waals surface area contributed by atoms with Crippen LogP contribution in [0.2, 0.25) is 0 Å². The topological polar surface area (TPSA) is 85.1 Å². The lowest BCUT2D eigenvalue weighted by molar-refractivity contribution is 0.0875. The average Bonchev–Trinajstić information content (AvgIpc) is 2.39. The first-order chi connectivity index (χ1) is 8.35. The first-order valence-corrected chi connectivity index (χ1v) is 6.00. The summed E-state index contributed by atoms with van der Waals surface area (Å²) in [6.07, 6.45) is 4.54. The van der Waals surface area contributed by atoms with Crippen molar-refractivity contribution in [3.63, 3.8) is 0 Å². The minimum Gasteiger partial charge on any atom is -0.379 e. The highest BCUT2D eigenvalue weighted by molar-refractivity contribution is 5.57. The van der Waals surface area contributed by atoms with Gasteiger partial charge in [-0.1, -0.05) is 6.92 Å². The number of nitrogens with two attached hydrogens (primary N) is 1. The van der Waals surface area contributed by atoms with Crippen LogP contribution in [0.5, 0.6) is 0 Å². The van der Waals surface area contributed by atoms with Crippen molar-refractivity contribution in [2.45, 2.75) is 32.2 Å². The van der Waals surface area contributed by atoms with Crippen LogP contribution in [0, 0.1) is 0 Å². The molecule has 6 nitrogen and oxygen atoms in total. The van der Waals surface area contributed by atoms with E-state index >= 15 is 0 Å². The zero-order valence-electron chi connectivity index (χ0n) is 10.1. The Kier molecular flexibility index (Phi) is 4.11. The lowest BCUT2D eigenvalue weighted by Crippen LogP contribution is -2.31. The van der Waals surface area contributed by atoms with Gasteiger partial charge in [0, 0.05) is 12.2 Å². The van der Waals surface area contributed by atoms with Gasteiger partial charge in [0.05, 0.1) is 12.6 Å². The van der Waals surface area contributed by atoms with Crippen molar-refractivity contribution >= 4 is 11.6 Å². The predicted molar refractivity (Wildman–Crippen MR) is 66.7 cm³/mol. The van der Waals surface area contributed by atoms with E-state index in [0.29, 0.717) is 11.9 Å². The fourth-order valence-electron chi connectivity index (χ4n) is 2.04. The van der Waals surface area contributed by atoms with Crippen LogP contribution in [0.1, 0.15) is 25.3 Å². The summed E-state index contributed by atoms with van der Waals surface area (Å²) in [6, 6.07) is 0.328. The molecule has 1 atom stereocenters. The molecule has 1 saturated heterocycles. The van der Waals surface area contributed by atoms with Gasteiger partial charge < -0.3 is 15.5 Å². The van der Waals surface area contributed by atoms with E-state index in [4.69, 9.17) is 10.6 Å². The first-order valence-electron chi connectivity index (χ1n) is 6.00. The molecule has 6 heteroatoms. The molecule has 1 aromatic rings. The van der Waals surface area contributed by atoms with Crippen molar-refractivity contribution in [1.82, 2.24) is 9.97 Å². The molecule has 2 heterocycles. The maximum absolute atomic E-state index is 5.44. The van der Waals surface area contributed by atoms with Gasteiger partial charge in [0.1, 0.15) is 18.0 Å². The standard InChI is InChI=1S/C11H19N5O/c1-2-9-10(13-7-14-11(9)16-12)15-8-4-3-5-17-6-8/h7-8H,2-6,12H2,1H3,(H2,13,14,15,16). The monoisotopic (exact) mass is 237 g/mol. The van der Waals surface area contributed by atoms with E-state index in [9.17, 15) is 0 Å². The number of hydrazine groups is 1. The third-order valence-electron chi connectivity index (χ3n) is 2.94. The van der Waals surface area contributed by atoms with E-state index in [0.717, 1.165) is 43.9 Å². The molecule has 0 saturated carbocycles. The molecule has 94 valence electrons. The number of ether oxygens (including phenoxy) is 1. The fourth-order valence-corrected chi connectivity index (χ4v) is 2.04. The van der Waals surface area contributed by atoms with Crippen LogP contribution in [0.4, 0.5) is 11.6 Å². The molecule has 0 bridgehead atoms. The summed E-state index contributed by atoms with van der Waals surface area (Å²) in [7, 11) is 0. The molecule has 0 radical (unpaired) electrons. The number of nitrogens with one attached hydrogen (secondary N) is 2. The molecular formula is C11H19N5O. The number of rotatable bonds is 4. The van der Waals surface area contributed by atoms with Gasteiger partial charge in [0.25, 0.3) is 0 Å². The number of aromatic nitrogens is 2. The van der Waals surface area contributed by atoms with Crippen molar-refractivity contribution in [2.75, 3.05) is 24.0 Å². The minimum absolute atomic E-state index is 0.328. The molecular weight excluding hydrogens is 218 g/mol. The van der Waals surface area contributed by atoms with E-state index < -0.39 is 0 Å². The van der Waals surface area contributed by atoms with Crippen LogP contribution in [-0.4, -0.2) is 29.2 Å². The molecule has 2 rings (SSSR count). The molecule has 1 aromatic heterocycles. The SMILES string of the molecule is CCc1c(NN)ncnc1NC1CCCOC1. The fraction of sp³-hybridized carbons (Fsp3) is 0.636. The predicted octanol–water partition coefficient (Wildman–Crippen LogP) is 0.915. The third-order valence-corrected chi connectivity index (χ3v) is 2.94. The lowest BCUT2D eigenvalue weighted by Gasteiger charge is -2.24. The molecule has 1 fully saturated rings. The number of hydrogen-bond acceptors (Lipinski definition) is 6. The highest BCUT2D eigenvalue weighted by Crippen LogP contribution is 2.21. The molecule has 1 aliphatic heterocycles. The van der Waals surface area contributed by atoms with Crippen LogP contribution in [0.15, 0.2) is 6.33 Å². The van der Waals surface area contributed by atoms with Crippen LogP contribution in [0.3, 0.4) is 0 Å². The normalized spacial score (nSPS) is 20.0. The maximum atomic E-state index is 5.44. The van der Waals surface area contributed by atoms with E-state index in [1.165, 1.54) is 6.33 Å². The van der Waals surface area contributed by atoms with Crippen molar-refractivity contribution < 1.29 is 4.74 Å². The summed E-state index contributed by atoms with van der Waals surface area (Å²) >= 11 is 0. The van der Waals surface area contributed by atoms with Crippen LogP contribution < -0.4 is 16.6 Å². The van der Waals surface area contributed by atoms with Gasteiger partial charge in [-0.3, -0.25) is 0 Å². The summed E-state index contributed by atoms with van der Waals surface area (Å²) in [5, 5.41) is 3.40. The Labute approximate surface area is 101 Å². The van der Waals surface area contributed by atoms with Gasteiger partial charge in [-0.25, -0.2) is 15.8 Å². The van der Waals surface area contributed by atoms with Gasteiger partial charge in [-0.05, 0) is 19.3 Å². The molecule has 0 spiro atoms. The zero-order chi connectivity index (χ0) is 12.1. The Hall–Kier alpha value is -1.40. The van der Waals surface area contributed by atoms with Gasteiger partial charge in [0.2, 0.25) is 0 Å². The van der Waals surface area contributed by atoms with Crippen LogP contribution in [0.25, 0.3) is 0 Å². The second-order valence-electron chi connectivity index (χ2n) is 4.11. The maximum Gasteiger partial charge on any atom is 0.148 e. The quantitative estimate of drug-likeness (QED) is 0.533. The largest absolute Gasteiger partial charge is 0.379 e. The van der Waals surface area contributed by atoms with Crippen molar-refractivity contribution in [2.24, 2.45) is 5.84 Å². The smallest absolute Gasteiger partial charge is 0.148 e. The highest BCUT2D eigenvalue weighted by atomic mass is 16.5. The number of nitrogen functional groups attached to an aromatic ring is 1. The minimum atomic E-state index is 0.328. The average molecular weight is 237 g/mol. The summed E-state index contributed by atoms with van der Waals surface area (Å²) in [4.78, 5) is 8.38. The molecule has 4 N–H and O–H groups in total. The Balaban J connectivity index is 2.13. The van der Waals surface area contributed by atoms with Crippen LogP contribution in [-0.2, 0) is 11.2 Å². The lowest BCUT2D eigenvalue weighted by atomic mass is 10.1. The van der Waals surface area contributed by atoms with E-state index in [-0.39, 0.29) is 0 Å². The Morgan fingerprint density at radius 2 is 2.29 bits per heavy atom. The van der Waals surface area contributed by atoms with Crippen molar-refractivity contribution in [3.05, 3.63) is 11.9 Å². The second kappa shape index (κ2) is 5.79. The first kappa shape index (κ1) is 12.1. The van der Waals surface area contributed by atoms with Gasteiger partial charge in [-0.15, -0.1) is 0 Å². The molecule has 1 unspecified atom stereocenters. The molecule has 0 aromatic carbocycles. The third kappa shape index (κ3) is 2.83. The van der Waals surface area contributed by atoms with Gasteiger partial charge in [0.15, 0.2) is 0 Å². The second-order valence-corrected chi connectivity index (χ2v) is 4.11. The summed E-state index contributed by atoms with van der Waals surface area (Å²) in [6.45, 7) is 3.65. The van der Waals surface area contributed by atoms with Crippen molar-refractivity contribution in [1.29, 1.82) is 0 Å². The van der Waals surface area contributed by atoms with E-state index in [2.05, 4.69) is 27.6 Å². The summed E-state index contributed by atoms with van der Waals surface area (Å²) in [5.74, 6) is 6.97.